The average molecular weight is 363 g/mol. The minimum atomic E-state index is 0.556. The fraction of sp³-hybridized carbons (Fsp3) is 0.381. The molecule has 1 aliphatic heterocycles. The Bertz CT molecular complexity index is 864. The second-order valence-electron chi connectivity index (χ2n) is 6.85. The fourth-order valence-corrected chi connectivity index (χ4v) is 3.51. The predicted molar refractivity (Wildman–Crippen MR) is 105 cm³/mol. The van der Waals surface area contributed by atoms with Crippen molar-refractivity contribution in [2.24, 2.45) is 0 Å². The number of aryl methyl sites for hydroxylation is 1. The average Bonchev–Trinajstić information content (AvgIpc) is 3.09. The molecule has 0 bridgehead atoms. The molecule has 27 heavy (non-hydrogen) atoms. The van der Waals surface area contributed by atoms with Gasteiger partial charge in [0.1, 0.15) is 5.82 Å². The largest absolute Gasteiger partial charge is 0.355 e. The maximum atomic E-state index is 5.47. The van der Waals surface area contributed by atoms with E-state index in [9.17, 15) is 0 Å². The number of benzene rings is 1. The molecule has 1 saturated heterocycles. The van der Waals surface area contributed by atoms with Crippen molar-refractivity contribution < 1.29 is 4.52 Å². The Morgan fingerprint density at radius 2 is 1.89 bits per heavy atom. The van der Waals surface area contributed by atoms with Crippen LogP contribution in [0.3, 0.4) is 0 Å². The molecule has 1 aromatic carbocycles. The summed E-state index contributed by atoms with van der Waals surface area (Å²) in [6.45, 7) is 7.03. The number of anilines is 1. The van der Waals surface area contributed by atoms with E-state index in [-0.39, 0.29) is 0 Å². The van der Waals surface area contributed by atoms with Crippen LogP contribution in [0, 0.1) is 0 Å². The lowest BCUT2D eigenvalue weighted by atomic mass is 10.2. The minimum absolute atomic E-state index is 0.556. The van der Waals surface area contributed by atoms with Gasteiger partial charge in [-0.05, 0) is 24.1 Å². The summed E-state index contributed by atoms with van der Waals surface area (Å²) in [6, 6.07) is 14.6. The summed E-state index contributed by atoms with van der Waals surface area (Å²) in [4.78, 5) is 14.0. The molecule has 0 spiro atoms. The number of pyridine rings is 1. The van der Waals surface area contributed by atoms with E-state index >= 15 is 0 Å². The van der Waals surface area contributed by atoms with Crippen molar-refractivity contribution in [2.45, 2.75) is 26.3 Å². The van der Waals surface area contributed by atoms with Gasteiger partial charge in [0.05, 0.1) is 5.56 Å². The molecule has 3 heterocycles. The van der Waals surface area contributed by atoms with Crippen LogP contribution in [0.1, 0.15) is 24.7 Å². The number of nitrogens with zero attached hydrogens (tertiary/aromatic N) is 5. The Morgan fingerprint density at radius 1 is 1.00 bits per heavy atom. The summed E-state index contributed by atoms with van der Waals surface area (Å²) in [5, 5.41) is 4.03. The first-order valence-corrected chi connectivity index (χ1v) is 9.62. The Morgan fingerprint density at radius 3 is 2.70 bits per heavy atom. The third kappa shape index (κ3) is 4.17. The van der Waals surface area contributed by atoms with Crippen molar-refractivity contribution in [3.63, 3.8) is 0 Å². The van der Waals surface area contributed by atoms with Crippen LogP contribution in [0.2, 0.25) is 0 Å². The van der Waals surface area contributed by atoms with Crippen molar-refractivity contribution in [2.75, 3.05) is 31.1 Å². The number of rotatable bonds is 5. The van der Waals surface area contributed by atoms with Gasteiger partial charge in [-0.2, -0.15) is 4.98 Å². The SMILES string of the molecule is CCc1noc(-c2cccnc2N2CCCN(Cc3ccccc3)CC2)n1. The van der Waals surface area contributed by atoms with E-state index in [1.54, 1.807) is 0 Å². The van der Waals surface area contributed by atoms with Crippen LogP contribution in [-0.2, 0) is 13.0 Å². The zero-order valence-electron chi connectivity index (χ0n) is 15.7. The molecule has 0 radical (unpaired) electrons. The molecule has 2 aromatic heterocycles. The lowest BCUT2D eigenvalue weighted by Gasteiger charge is -2.24. The van der Waals surface area contributed by atoms with Crippen molar-refractivity contribution >= 4 is 5.82 Å². The predicted octanol–water partition coefficient (Wildman–Crippen LogP) is 3.41. The second kappa shape index (κ2) is 8.31. The van der Waals surface area contributed by atoms with Crippen LogP contribution in [0.25, 0.3) is 11.5 Å². The van der Waals surface area contributed by atoms with Crippen molar-refractivity contribution in [3.05, 3.63) is 60.0 Å². The third-order valence-electron chi connectivity index (χ3n) is 4.94. The van der Waals surface area contributed by atoms with Gasteiger partial charge >= 0.3 is 0 Å². The molecule has 1 aliphatic rings. The maximum absolute atomic E-state index is 5.47. The summed E-state index contributed by atoms with van der Waals surface area (Å²) in [5.74, 6) is 2.22. The number of hydrogen-bond donors (Lipinski definition) is 0. The Balaban J connectivity index is 1.49. The van der Waals surface area contributed by atoms with Crippen molar-refractivity contribution in [3.8, 4) is 11.5 Å². The zero-order valence-corrected chi connectivity index (χ0v) is 15.7. The molecule has 0 unspecified atom stereocenters. The first kappa shape index (κ1) is 17.7. The highest BCUT2D eigenvalue weighted by Gasteiger charge is 2.21. The summed E-state index contributed by atoms with van der Waals surface area (Å²) in [5.41, 5.74) is 2.28. The van der Waals surface area contributed by atoms with Gasteiger partial charge in [-0.1, -0.05) is 42.4 Å². The van der Waals surface area contributed by atoms with Gasteiger partial charge in [-0.3, -0.25) is 4.90 Å². The molecule has 0 atom stereocenters. The van der Waals surface area contributed by atoms with Crippen LogP contribution in [0.4, 0.5) is 5.82 Å². The van der Waals surface area contributed by atoms with Gasteiger partial charge in [0.25, 0.3) is 5.89 Å². The van der Waals surface area contributed by atoms with E-state index in [0.29, 0.717) is 5.89 Å². The van der Waals surface area contributed by atoms with Gasteiger partial charge in [-0.25, -0.2) is 4.98 Å². The molecule has 0 saturated carbocycles. The Labute approximate surface area is 159 Å². The van der Waals surface area contributed by atoms with E-state index in [0.717, 1.165) is 62.8 Å². The van der Waals surface area contributed by atoms with Crippen LogP contribution >= 0.6 is 0 Å². The highest BCUT2D eigenvalue weighted by Crippen LogP contribution is 2.28. The molecule has 140 valence electrons. The molecule has 4 rings (SSSR count). The van der Waals surface area contributed by atoms with Gasteiger partial charge < -0.3 is 9.42 Å². The van der Waals surface area contributed by atoms with Gasteiger partial charge in [0, 0.05) is 45.3 Å². The second-order valence-corrected chi connectivity index (χ2v) is 6.85. The molecule has 0 aliphatic carbocycles. The summed E-state index contributed by atoms with van der Waals surface area (Å²) in [7, 11) is 0. The highest BCUT2D eigenvalue weighted by atomic mass is 16.5. The third-order valence-corrected chi connectivity index (χ3v) is 4.94. The lowest BCUT2D eigenvalue weighted by Crippen LogP contribution is -2.31. The Hall–Kier alpha value is -2.73. The minimum Gasteiger partial charge on any atom is -0.355 e. The van der Waals surface area contributed by atoms with E-state index in [2.05, 4.69) is 55.3 Å². The van der Waals surface area contributed by atoms with Gasteiger partial charge in [-0.15, -0.1) is 0 Å². The topological polar surface area (TPSA) is 58.3 Å². The van der Waals surface area contributed by atoms with Gasteiger partial charge in [0.15, 0.2) is 5.82 Å². The lowest BCUT2D eigenvalue weighted by molar-refractivity contribution is 0.285. The number of hydrogen-bond acceptors (Lipinski definition) is 6. The fourth-order valence-electron chi connectivity index (χ4n) is 3.51. The zero-order chi connectivity index (χ0) is 18.5. The molecule has 6 nitrogen and oxygen atoms in total. The monoisotopic (exact) mass is 363 g/mol. The van der Waals surface area contributed by atoms with E-state index in [4.69, 9.17) is 4.52 Å². The van der Waals surface area contributed by atoms with Crippen LogP contribution in [0.15, 0.2) is 53.2 Å². The van der Waals surface area contributed by atoms with E-state index in [1.165, 1.54) is 5.56 Å². The molecule has 1 fully saturated rings. The van der Waals surface area contributed by atoms with Crippen LogP contribution in [0.5, 0.6) is 0 Å². The normalized spacial score (nSPS) is 15.7. The quantitative estimate of drug-likeness (QED) is 0.692. The summed E-state index contributed by atoms with van der Waals surface area (Å²) < 4.78 is 5.47. The molecule has 6 heteroatoms. The smallest absolute Gasteiger partial charge is 0.261 e. The van der Waals surface area contributed by atoms with Crippen LogP contribution < -0.4 is 4.90 Å². The maximum Gasteiger partial charge on any atom is 0.261 e. The Kier molecular flexibility index (Phi) is 5.44. The van der Waals surface area contributed by atoms with Crippen LogP contribution in [-0.4, -0.2) is 46.2 Å². The van der Waals surface area contributed by atoms with E-state index in [1.807, 2.05) is 25.3 Å². The molecular formula is C21H25N5O. The summed E-state index contributed by atoms with van der Waals surface area (Å²) in [6.07, 6.45) is 3.70. The molecular weight excluding hydrogens is 338 g/mol. The molecule has 0 amide bonds. The van der Waals surface area contributed by atoms with E-state index < -0.39 is 0 Å². The summed E-state index contributed by atoms with van der Waals surface area (Å²) >= 11 is 0. The molecule has 3 aromatic rings. The molecule has 0 N–H and O–H groups in total. The first-order chi connectivity index (χ1) is 13.3. The van der Waals surface area contributed by atoms with Crippen molar-refractivity contribution in [1.29, 1.82) is 0 Å². The number of aromatic nitrogens is 3. The highest BCUT2D eigenvalue weighted by molar-refractivity contribution is 5.69. The van der Waals surface area contributed by atoms with Gasteiger partial charge in [0.2, 0.25) is 0 Å². The first-order valence-electron chi connectivity index (χ1n) is 9.62. The standard InChI is InChI=1S/C21H25N5O/c1-2-19-23-21(27-24-19)18-10-6-11-22-20(18)26-13-7-12-25(14-15-26)16-17-8-4-3-5-9-17/h3-6,8-11H,2,7,12-16H2,1H3. The van der Waals surface area contributed by atoms with Crippen molar-refractivity contribution in [1.82, 2.24) is 20.0 Å².